The van der Waals surface area contributed by atoms with Crippen molar-refractivity contribution in [2.24, 2.45) is 35.5 Å². The van der Waals surface area contributed by atoms with Gasteiger partial charge in [-0.15, -0.1) is 11.8 Å². The van der Waals surface area contributed by atoms with Gasteiger partial charge in [-0.2, -0.15) is 0 Å². The van der Waals surface area contributed by atoms with Crippen molar-refractivity contribution < 1.29 is 38.6 Å². The molecule has 2 aliphatic carbocycles. The van der Waals surface area contributed by atoms with Crippen molar-refractivity contribution in [2.45, 2.75) is 55.8 Å². The van der Waals surface area contributed by atoms with Gasteiger partial charge in [0.1, 0.15) is 11.8 Å². The van der Waals surface area contributed by atoms with Gasteiger partial charge in [-0.3, -0.25) is 24.1 Å². The molecule has 2 bridgehead atoms. The normalized spacial score (nSPS) is 26.7. The Morgan fingerprint density at radius 2 is 1.76 bits per heavy atom. The number of likely N-dealkylation sites (tertiary alicyclic amines) is 1. The molecule has 8 atom stereocenters. The number of esters is 1. The van der Waals surface area contributed by atoms with E-state index in [9.17, 15) is 33.9 Å². The van der Waals surface area contributed by atoms with E-state index in [1.54, 1.807) is 49.0 Å². The number of rotatable bonds is 11. The number of thiazole rings is 1. The number of imide groups is 1. The second-order valence-electron chi connectivity index (χ2n) is 13.7. The summed E-state index contributed by atoms with van der Waals surface area (Å²) < 4.78 is 10.9. The summed E-state index contributed by atoms with van der Waals surface area (Å²) in [6, 6.07) is 12.5. The number of carbonyl (C=O) groups is 5. The summed E-state index contributed by atoms with van der Waals surface area (Å²) in [6.07, 6.45) is 0.870. The highest BCUT2D eigenvalue weighted by Crippen LogP contribution is 2.68. The highest BCUT2D eigenvalue weighted by atomic mass is 32.2. The lowest BCUT2D eigenvalue weighted by Crippen LogP contribution is -2.47. The first-order valence-electron chi connectivity index (χ1n) is 16.8. The summed E-state index contributed by atoms with van der Waals surface area (Å²) in [4.78, 5) is 82.2. The molecule has 1 saturated heterocycles. The first kappa shape index (κ1) is 34.0. The van der Waals surface area contributed by atoms with E-state index in [-0.39, 0.29) is 65.3 Å². The van der Waals surface area contributed by atoms with E-state index in [2.05, 4.69) is 10.3 Å². The Morgan fingerprint density at radius 1 is 1.04 bits per heavy atom. The van der Waals surface area contributed by atoms with Crippen LogP contribution >= 0.6 is 23.1 Å². The van der Waals surface area contributed by atoms with Gasteiger partial charge in [0.2, 0.25) is 11.8 Å². The van der Waals surface area contributed by atoms with Gasteiger partial charge in [0, 0.05) is 21.7 Å². The van der Waals surface area contributed by atoms with Crippen LogP contribution < -0.4 is 14.9 Å². The van der Waals surface area contributed by atoms with Crippen LogP contribution in [0.4, 0.5) is 5.69 Å². The Balaban J connectivity index is 1.12. The summed E-state index contributed by atoms with van der Waals surface area (Å²) in [5, 5.41) is 13.5. The number of aromatic nitrogens is 1. The molecule has 3 N–H and O–H groups in total. The number of ether oxygens (including phenoxy) is 2. The predicted molar refractivity (Wildman–Crippen MR) is 184 cm³/mol. The molecule has 12 nitrogen and oxygen atoms in total. The molecule has 7 unspecified atom stereocenters. The molecular weight excluding hydrogens is 683 g/mol. The number of carboxylic acid groups (broad SMARTS) is 1. The van der Waals surface area contributed by atoms with E-state index in [1.165, 1.54) is 0 Å². The van der Waals surface area contributed by atoms with E-state index >= 15 is 0 Å². The Hall–Kier alpha value is -4.43. The number of thioether (sulfide) groups is 1. The monoisotopic (exact) mass is 719 g/mol. The first-order valence-corrected chi connectivity index (χ1v) is 18.5. The first-order chi connectivity index (χ1) is 24.0. The number of anilines is 1. The third-order valence-corrected chi connectivity index (χ3v) is 12.9. The third-order valence-electron chi connectivity index (χ3n) is 10.3. The minimum atomic E-state index is -1.20. The number of hydrogen-bond acceptors (Lipinski definition) is 10. The Morgan fingerprint density at radius 3 is 2.44 bits per heavy atom. The second-order valence-corrected chi connectivity index (χ2v) is 15.9. The van der Waals surface area contributed by atoms with Crippen molar-refractivity contribution in [2.75, 3.05) is 18.5 Å². The zero-order valence-corrected chi connectivity index (χ0v) is 29.3. The molecule has 262 valence electrons. The molecule has 7 rings (SSSR count). The van der Waals surface area contributed by atoms with Gasteiger partial charge in [-0.1, -0.05) is 37.3 Å². The minimum Gasteiger partial charge on any atom is -0.484 e. The van der Waals surface area contributed by atoms with E-state index < -0.39 is 41.6 Å². The number of fused-ring (bicyclic) bond motifs is 9. The number of aromatic amines is 1. The van der Waals surface area contributed by atoms with Crippen LogP contribution in [0.25, 0.3) is 0 Å². The van der Waals surface area contributed by atoms with E-state index in [1.807, 2.05) is 32.0 Å². The molecule has 3 amide bonds. The minimum absolute atomic E-state index is 0.0193. The summed E-state index contributed by atoms with van der Waals surface area (Å²) in [5.74, 6) is -4.18. The number of carboxylic acids is 1. The van der Waals surface area contributed by atoms with Gasteiger partial charge >= 0.3 is 16.8 Å². The van der Waals surface area contributed by atoms with Crippen LogP contribution in [-0.4, -0.2) is 69.2 Å². The number of carbonyl (C=O) groups excluding carboxylic acids is 4. The lowest BCUT2D eigenvalue weighted by Gasteiger charge is -2.43. The molecule has 2 saturated carbocycles. The van der Waals surface area contributed by atoms with Crippen molar-refractivity contribution in [1.29, 1.82) is 0 Å². The fourth-order valence-corrected chi connectivity index (χ4v) is 11.4. The topological polar surface area (TPSA) is 172 Å². The second kappa shape index (κ2) is 13.4. The van der Waals surface area contributed by atoms with Crippen molar-refractivity contribution in [3.05, 3.63) is 74.2 Å². The van der Waals surface area contributed by atoms with Gasteiger partial charge in [0.15, 0.2) is 6.61 Å². The molecule has 4 aliphatic rings. The predicted octanol–water partition coefficient (Wildman–Crippen LogP) is 4.60. The summed E-state index contributed by atoms with van der Waals surface area (Å²) >= 11 is 2.70. The Kier molecular flexibility index (Phi) is 9.10. The smallest absolute Gasteiger partial charge is 0.338 e. The maximum Gasteiger partial charge on any atom is 0.338 e. The molecule has 0 radical (unpaired) electrons. The Bertz CT molecular complexity index is 1920. The largest absolute Gasteiger partial charge is 0.484 e. The third kappa shape index (κ3) is 5.91. The molecule has 14 heteroatoms. The molecule has 0 spiro atoms. The summed E-state index contributed by atoms with van der Waals surface area (Å²) in [6.45, 7) is 5.46. The number of nitrogens with zero attached hydrogens (tertiary/aromatic N) is 1. The molecule has 3 heterocycles. The maximum atomic E-state index is 14.0. The number of hydrogen-bond donors (Lipinski definition) is 3. The molecular formula is C36H37N3O9S2. The zero-order chi connectivity index (χ0) is 35.4. The highest BCUT2D eigenvalue weighted by molar-refractivity contribution is 8.00. The number of H-pyrrole nitrogens is 1. The fourth-order valence-electron chi connectivity index (χ4n) is 8.53. The molecule has 50 heavy (non-hydrogen) atoms. The van der Waals surface area contributed by atoms with Gasteiger partial charge in [0.05, 0.1) is 29.0 Å². The summed E-state index contributed by atoms with van der Waals surface area (Å²) in [5.41, 5.74) is 1.73. The van der Waals surface area contributed by atoms with Crippen molar-refractivity contribution in [3.63, 3.8) is 0 Å². The lowest BCUT2D eigenvalue weighted by atomic mass is 9.68. The van der Waals surface area contributed by atoms with Crippen LogP contribution in [-0.2, 0) is 23.9 Å². The number of amides is 3. The number of aliphatic carboxylic acids is 1. The van der Waals surface area contributed by atoms with Crippen LogP contribution in [0.15, 0.2) is 58.4 Å². The van der Waals surface area contributed by atoms with Crippen LogP contribution in [0.5, 0.6) is 5.75 Å². The average Bonchev–Trinajstić information content (AvgIpc) is 3.82. The van der Waals surface area contributed by atoms with Gasteiger partial charge in [-0.25, -0.2) is 9.59 Å². The molecule has 3 aromatic rings. The quantitative estimate of drug-likeness (QED) is 0.188. The average molecular weight is 720 g/mol. The Labute approximate surface area is 295 Å². The van der Waals surface area contributed by atoms with Crippen LogP contribution in [0.3, 0.4) is 0 Å². The molecule has 3 fully saturated rings. The molecule has 2 aromatic carbocycles. The van der Waals surface area contributed by atoms with Gasteiger partial charge < -0.3 is 24.9 Å². The zero-order valence-electron chi connectivity index (χ0n) is 27.6. The van der Waals surface area contributed by atoms with Crippen molar-refractivity contribution in [1.82, 2.24) is 9.88 Å². The van der Waals surface area contributed by atoms with E-state index in [0.717, 1.165) is 31.7 Å². The number of benzene rings is 2. The lowest BCUT2D eigenvalue weighted by molar-refractivity contribution is -0.156. The van der Waals surface area contributed by atoms with E-state index in [4.69, 9.17) is 9.47 Å². The van der Waals surface area contributed by atoms with E-state index in [0.29, 0.717) is 23.4 Å². The fraction of sp³-hybridized carbons (Fsp3) is 0.444. The van der Waals surface area contributed by atoms with Crippen molar-refractivity contribution in [3.8, 4) is 5.75 Å². The maximum absolute atomic E-state index is 14.0. The molecule has 1 aromatic heterocycles. The summed E-state index contributed by atoms with van der Waals surface area (Å²) in [7, 11) is 0. The van der Waals surface area contributed by atoms with Crippen LogP contribution in [0, 0.1) is 35.5 Å². The van der Waals surface area contributed by atoms with Gasteiger partial charge in [-0.05, 0) is 85.4 Å². The highest BCUT2D eigenvalue weighted by Gasteiger charge is 2.70. The number of nitrogens with one attached hydrogen (secondary N) is 2. The standard InChI is InChI=1S/C36H37N3O9S2/c1-4-47-35(45)17-8-10-19(11-9-17)37-24(40)15-48-20-7-5-6-18(13-20)25-26-21-14-22(29(26)49-31-30(25)50-36(46)38-31)28-27(21)32(41)39(33(28)42)23(34(43)44)12-16(2)3/h5-11,13,16,21-23,25-29H,4,12,14-15H2,1-3H3,(H,37,40)(H,38,46)(H,43,44)/t21?,22?,23?,25-,26?,27?,28?,29?/m1/s1. The SMILES string of the molecule is CCOC(=O)c1ccc(NC(=O)COc2cccc([C@H]3c4sc(=O)[nH]c4SC4C5CC(C6C(=O)N(C(CC(C)C)C(=O)O)C(=O)C56)C43)c2)cc1. The van der Waals surface area contributed by atoms with Crippen LogP contribution in [0.1, 0.15) is 60.3 Å². The van der Waals surface area contributed by atoms with Crippen molar-refractivity contribution >= 4 is 58.4 Å². The van der Waals surface area contributed by atoms with Crippen LogP contribution in [0.2, 0.25) is 0 Å². The molecule has 2 aliphatic heterocycles. The van der Waals surface area contributed by atoms with Gasteiger partial charge in [0.25, 0.3) is 5.91 Å².